The number of rotatable bonds is 6. The van der Waals surface area contributed by atoms with Gasteiger partial charge in [-0.25, -0.2) is 0 Å². The van der Waals surface area contributed by atoms with Gasteiger partial charge in [-0.15, -0.1) is 11.8 Å². The SMILES string of the molecule is CC#CCCC(O)c1ccc(OCCC)cc1. The van der Waals surface area contributed by atoms with Crippen molar-refractivity contribution in [2.75, 3.05) is 6.61 Å². The van der Waals surface area contributed by atoms with Crippen molar-refractivity contribution in [2.24, 2.45) is 0 Å². The van der Waals surface area contributed by atoms with Gasteiger partial charge in [-0.3, -0.25) is 0 Å². The number of ether oxygens (including phenoxy) is 1. The molecule has 0 saturated heterocycles. The van der Waals surface area contributed by atoms with Crippen molar-refractivity contribution in [2.45, 2.75) is 39.2 Å². The predicted molar refractivity (Wildman–Crippen MR) is 69.9 cm³/mol. The third kappa shape index (κ3) is 4.93. The minimum atomic E-state index is -0.434. The van der Waals surface area contributed by atoms with Gasteiger partial charge in [0, 0.05) is 6.42 Å². The molecule has 0 saturated carbocycles. The van der Waals surface area contributed by atoms with Crippen molar-refractivity contribution in [3.63, 3.8) is 0 Å². The Kier molecular flexibility index (Phi) is 6.21. The molecule has 0 fully saturated rings. The maximum Gasteiger partial charge on any atom is 0.119 e. The molecule has 1 rings (SSSR count). The van der Waals surface area contributed by atoms with Crippen molar-refractivity contribution in [3.05, 3.63) is 29.8 Å². The normalized spacial score (nSPS) is 11.5. The zero-order valence-electron chi connectivity index (χ0n) is 10.6. The summed E-state index contributed by atoms with van der Waals surface area (Å²) in [7, 11) is 0. The van der Waals surface area contributed by atoms with E-state index in [2.05, 4.69) is 18.8 Å². The van der Waals surface area contributed by atoms with Gasteiger partial charge in [0.1, 0.15) is 5.75 Å². The molecule has 1 unspecified atom stereocenters. The number of hydrogen-bond donors (Lipinski definition) is 1. The van der Waals surface area contributed by atoms with E-state index in [0.29, 0.717) is 6.42 Å². The molecule has 1 aromatic rings. The molecule has 2 heteroatoms. The molecule has 1 aromatic carbocycles. The Balaban J connectivity index is 2.50. The second-order valence-electron chi connectivity index (χ2n) is 3.90. The average Bonchev–Trinajstić information content (AvgIpc) is 2.37. The van der Waals surface area contributed by atoms with Crippen LogP contribution in [0.5, 0.6) is 5.75 Å². The lowest BCUT2D eigenvalue weighted by molar-refractivity contribution is 0.169. The summed E-state index contributed by atoms with van der Waals surface area (Å²) in [5.41, 5.74) is 0.923. The first-order valence-electron chi connectivity index (χ1n) is 6.08. The van der Waals surface area contributed by atoms with Gasteiger partial charge in [-0.1, -0.05) is 19.1 Å². The van der Waals surface area contributed by atoms with Gasteiger partial charge in [-0.2, -0.15) is 0 Å². The molecule has 17 heavy (non-hydrogen) atoms. The quantitative estimate of drug-likeness (QED) is 0.762. The van der Waals surface area contributed by atoms with Gasteiger partial charge in [0.15, 0.2) is 0 Å². The van der Waals surface area contributed by atoms with Crippen molar-refractivity contribution < 1.29 is 9.84 Å². The van der Waals surface area contributed by atoms with Gasteiger partial charge in [0.2, 0.25) is 0 Å². The predicted octanol–water partition coefficient (Wildman–Crippen LogP) is 3.31. The third-order valence-corrected chi connectivity index (χ3v) is 2.46. The van der Waals surface area contributed by atoms with Crippen LogP contribution in [0.4, 0.5) is 0 Å². The highest BCUT2D eigenvalue weighted by atomic mass is 16.5. The number of hydrogen-bond acceptors (Lipinski definition) is 2. The molecule has 0 heterocycles. The van der Waals surface area contributed by atoms with Gasteiger partial charge < -0.3 is 9.84 Å². The van der Waals surface area contributed by atoms with E-state index in [-0.39, 0.29) is 0 Å². The van der Waals surface area contributed by atoms with E-state index < -0.39 is 6.10 Å². The van der Waals surface area contributed by atoms with Crippen LogP contribution in [0.3, 0.4) is 0 Å². The molecule has 1 atom stereocenters. The van der Waals surface area contributed by atoms with Crippen LogP contribution >= 0.6 is 0 Å². The summed E-state index contributed by atoms with van der Waals surface area (Å²) in [4.78, 5) is 0. The molecule has 0 amide bonds. The van der Waals surface area contributed by atoms with Crippen molar-refractivity contribution >= 4 is 0 Å². The highest BCUT2D eigenvalue weighted by Gasteiger charge is 2.06. The molecule has 0 aromatic heterocycles. The van der Waals surface area contributed by atoms with Crippen LogP contribution in [-0.4, -0.2) is 11.7 Å². The maximum absolute atomic E-state index is 9.91. The van der Waals surface area contributed by atoms with Crippen LogP contribution in [0.2, 0.25) is 0 Å². The van der Waals surface area contributed by atoms with Crippen molar-refractivity contribution in [3.8, 4) is 17.6 Å². The molecule has 2 nitrogen and oxygen atoms in total. The largest absolute Gasteiger partial charge is 0.494 e. The first-order valence-corrected chi connectivity index (χ1v) is 6.08. The van der Waals surface area contributed by atoms with E-state index in [0.717, 1.165) is 30.8 Å². The van der Waals surface area contributed by atoms with Crippen molar-refractivity contribution in [1.82, 2.24) is 0 Å². The fourth-order valence-corrected chi connectivity index (χ4v) is 1.51. The third-order valence-electron chi connectivity index (χ3n) is 2.46. The van der Waals surface area contributed by atoms with E-state index in [4.69, 9.17) is 4.74 Å². The van der Waals surface area contributed by atoms with E-state index in [1.165, 1.54) is 0 Å². The minimum absolute atomic E-state index is 0.434. The van der Waals surface area contributed by atoms with E-state index >= 15 is 0 Å². The lowest BCUT2D eigenvalue weighted by atomic mass is 10.1. The van der Waals surface area contributed by atoms with Crippen LogP contribution < -0.4 is 4.74 Å². The molecule has 0 bridgehead atoms. The maximum atomic E-state index is 9.91. The second kappa shape index (κ2) is 7.76. The zero-order chi connectivity index (χ0) is 12.5. The Hall–Kier alpha value is -1.46. The molecule has 1 N–H and O–H groups in total. The molecule has 0 aliphatic rings. The Labute approximate surface area is 104 Å². The molecular formula is C15H20O2. The van der Waals surface area contributed by atoms with Crippen LogP contribution in [-0.2, 0) is 0 Å². The van der Waals surface area contributed by atoms with Crippen LogP contribution in [0, 0.1) is 11.8 Å². The van der Waals surface area contributed by atoms with E-state index in [9.17, 15) is 5.11 Å². The van der Waals surface area contributed by atoms with Gasteiger partial charge in [-0.05, 0) is 37.5 Å². The van der Waals surface area contributed by atoms with Gasteiger partial charge >= 0.3 is 0 Å². The monoisotopic (exact) mass is 232 g/mol. The van der Waals surface area contributed by atoms with Gasteiger partial charge in [0.25, 0.3) is 0 Å². The summed E-state index contributed by atoms with van der Waals surface area (Å²) in [6.07, 6.45) is 1.97. The van der Waals surface area contributed by atoms with Crippen LogP contribution in [0.1, 0.15) is 44.8 Å². The Morgan fingerprint density at radius 3 is 2.59 bits per heavy atom. The number of aliphatic hydroxyl groups is 1. The topological polar surface area (TPSA) is 29.5 Å². The highest BCUT2D eigenvalue weighted by molar-refractivity contribution is 5.28. The second-order valence-corrected chi connectivity index (χ2v) is 3.90. The number of aliphatic hydroxyl groups excluding tert-OH is 1. The van der Waals surface area contributed by atoms with Crippen LogP contribution in [0.15, 0.2) is 24.3 Å². The average molecular weight is 232 g/mol. The summed E-state index contributed by atoms with van der Waals surface area (Å²) >= 11 is 0. The molecular weight excluding hydrogens is 212 g/mol. The lowest BCUT2D eigenvalue weighted by Gasteiger charge is -2.10. The first kappa shape index (κ1) is 13.6. The fourth-order valence-electron chi connectivity index (χ4n) is 1.51. The first-order chi connectivity index (χ1) is 8.27. The molecule has 0 aliphatic heterocycles. The Morgan fingerprint density at radius 2 is 2.00 bits per heavy atom. The van der Waals surface area contributed by atoms with Crippen LogP contribution in [0.25, 0.3) is 0 Å². The Morgan fingerprint density at radius 1 is 1.29 bits per heavy atom. The smallest absolute Gasteiger partial charge is 0.119 e. The summed E-state index contributed by atoms with van der Waals surface area (Å²) in [5, 5.41) is 9.91. The summed E-state index contributed by atoms with van der Waals surface area (Å²) < 4.78 is 5.48. The zero-order valence-corrected chi connectivity index (χ0v) is 10.6. The van der Waals surface area contributed by atoms with Crippen molar-refractivity contribution in [1.29, 1.82) is 0 Å². The van der Waals surface area contributed by atoms with Gasteiger partial charge in [0.05, 0.1) is 12.7 Å². The summed E-state index contributed by atoms with van der Waals surface area (Å²) in [5.74, 6) is 6.64. The van der Waals surface area contributed by atoms with E-state index in [1.807, 2.05) is 31.2 Å². The molecule has 0 spiro atoms. The lowest BCUT2D eigenvalue weighted by Crippen LogP contribution is -1.98. The number of benzene rings is 1. The Bertz CT molecular complexity index is 370. The molecule has 0 radical (unpaired) electrons. The standard InChI is InChI=1S/C15H20O2/c1-3-5-6-7-15(16)13-8-10-14(11-9-13)17-12-4-2/h8-11,15-16H,4,6-7,12H2,1-2H3. The fraction of sp³-hybridized carbons (Fsp3) is 0.467. The van der Waals surface area contributed by atoms with E-state index in [1.54, 1.807) is 0 Å². The summed E-state index contributed by atoms with van der Waals surface area (Å²) in [6.45, 7) is 4.62. The summed E-state index contributed by atoms with van der Waals surface area (Å²) in [6, 6.07) is 7.63. The minimum Gasteiger partial charge on any atom is -0.494 e. The molecule has 0 aliphatic carbocycles. The molecule has 92 valence electrons. The highest BCUT2D eigenvalue weighted by Crippen LogP contribution is 2.21.